The van der Waals surface area contributed by atoms with Crippen molar-refractivity contribution in [1.29, 1.82) is 0 Å². The van der Waals surface area contributed by atoms with Crippen LogP contribution in [-0.2, 0) is 5.72 Å². The topological polar surface area (TPSA) is 78.9 Å². The summed E-state index contributed by atoms with van der Waals surface area (Å²) in [6.45, 7) is 3.70. The van der Waals surface area contributed by atoms with Gasteiger partial charge in [0.1, 0.15) is 5.76 Å². The molecule has 0 saturated heterocycles. The van der Waals surface area contributed by atoms with Gasteiger partial charge >= 0.3 is 5.91 Å². The second-order valence-corrected chi connectivity index (χ2v) is 5.28. The fraction of sp³-hybridized carbons (Fsp3) is 0.312. The molecular formula is C16H17N3O3. The molecule has 2 aromatic rings. The summed E-state index contributed by atoms with van der Waals surface area (Å²) in [4.78, 5) is 16.7. The first-order valence-corrected chi connectivity index (χ1v) is 7.15. The lowest BCUT2D eigenvalue weighted by molar-refractivity contribution is -0.0779. The Morgan fingerprint density at radius 3 is 2.86 bits per heavy atom. The van der Waals surface area contributed by atoms with Gasteiger partial charge in [0.25, 0.3) is 0 Å². The highest BCUT2D eigenvalue weighted by atomic mass is 16.4. The van der Waals surface area contributed by atoms with Gasteiger partial charge in [-0.05, 0) is 31.5 Å². The highest BCUT2D eigenvalue weighted by molar-refractivity contribution is 5.96. The number of hydrogen-bond acceptors (Lipinski definition) is 5. The van der Waals surface area contributed by atoms with Crippen LogP contribution in [0.25, 0.3) is 0 Å². The molecule has 1 N–H and O–H groups in total. The van der Waals surface area contributed by atoms with Crippen molar-refractivity contribution in [3.05, 3.63) is 53.7 Å². The number of nitrogens with zero attached hydrogens (tertiary/aromatic N) is 3. The van der Waals surface area contributed by atoms with Crippen LogP contribution >= 0.6 is 0 Å². The number of aromatic nitrogens is 1. The van der Waals surface area contributed by atoms with Crippen molar-refractivity contribution in [3.63, 3.8) is 0 Å². The summed E-state index contributed by atoms with van der Waals surface area (Å²) < 4.78 is 5.37. The number of pyridine rings is 1. The average molecular weight is 299 g/mol. The van der Waals surface area contributed by atoms with Crippen LogP contribution in [0.15, 0.2) is 46.2 Å². The lowest BCUT2D eigenvalue weighted by Gasteiger charge is -2.30. The maximum Gasteiger partial charge on any atom is 0.312 e. The fourth-order valence-corrected chi connectivity index (χ4v) is 2.51. The van der Waals surface area contributed by atoms with E-state index in [4.69, 9.17) is 4.42 Å². The van der Waals surface area contributed by atoms with E-state index in [0.29, 0.717) is 17.7 Å². The smallest absolute Gasteiger partial charge is 0.312 e. The van der Waals surface area contributed by atoms with Crippen LogP contribution in [0.5, 0.6) is 0 Å². The van der Waals surface area contributed by atoms with E-state index >= 15 is 0 Å². The van der Waals surface area contributed by atoms with Crippen LogP contribution in [0.3, 0.4) is 0 Å². The van der Waals surface area contributed by atoms with Gasteiger partial charge in [-0.2, -0.15) is 10.1 Å². The van der Waals surface area contributed by atoms with Crippen molar-refractivity contribution in [2.24, 2.45) is 5.10 Å². The second-order valence-electron chi connectivity index (χ2n) is 5.28. The van der Waals surface area contributed by atoms with Gasteiger partial charge in [0, 0.05) is 30.1 Å². The van der Waals surface area contributed by atoms with Gasteiger partial charge in [-0.3, -0.25) is 9.78 Å². The minimum absolute atomic E-state index is 0.154. The third kappa shape index (κ3) is 2.31. The van der Waals surface area contributed by atoms with Crippen LogP contribution in [0.4, 0.5) is 0 Å². The van der Waals surface area contributed by atoms with E-state index in [9.17, 15) is 9.90 Å². The Balaban J connectivity index is 2.02. The number of hydrazone groups is 1. The van der Waals surface area contributed by atoms with Crippen LogP contribution < -0.4 is 0 Å². The zero-order valence-corrected chi connectivity index (χ0v) is 12.5. The first-order valence-electron chi connectivity index (χ1n) is 7.15. The first kappa shape index (κ1) is 14.5. The predicted octanol–water partition coefficient (Wildman–Crippen LogP) is 2.44. The van der Waals surface area contributed by atoms with Crippen molar-refractivity contribution >= 4 is 11.6 Å². The van der Waals surface area contributed by atoms with E-state index in [1.165, 1.54) is 0 Å². The van der Waals surface area contributed by atoms with Crippen LogP contribution in [0, 0.1) is 6.92 Å². The van der Waals surface area contributed by atoms with E-state index in [1.807, 2.05) is 6.92 Å². The van der Waals surface area contributed by atoms with E-state index in [-0.39, 0.29) is 12.2 Å². The van der Waals surface area contributed by atoms with Gasteiger partial charge < -0.3 is 9.52 Å². The minimum atomic E-state index is -1.53. The predicted molar refractivity (Wildman–Crippen MR) is 80.1 cm³/mol. The monoisotopic (exact) mass is 299 g/mol. The first-order chi connectivity index (χ1) is 10.5. The Kier molecular flexibility index (Phi) is 3.54. The molecule has 0 aliphatic carbocycles. The Morgan fingerprint density at radius 2 is 2.27 bits per heavy atom. The van der Waals surface area contributed by atoms with Crippen LogP contribution in [-0.4, -0.2) is 26.7 Å². The summed E-state index contributed by atoms with van der Waals surface area (Å²) in [5.41, 5.74) is -0.251. The van der Waals surface area contributed by atoms with Crippen molar-refractivity contribution in [2.45, 2.75) is 32.4 Å². The Hall–Kier alpha value is -2.47. The zero-order chi connectivity index (χ0) is 15.7. The Bertz CT molecular complexity index is 723. The molecule has 1 aliphatic rings. The second kappa shape index (κ2) is 5.38. The summed E-state index contributed by atoms with van der Waals surface area (Å²) in [5, 5.41) is 16.5. The normalized spacial score (nSPS) is 21.0. The average Bonchev–Trinajstić information content (AvgIpc) is 3.12. The summed E-state index contributed by atoms with van der Waals surface area (Å²) in [7, 11) is 0. The summed E-state index contributed by atoms with van der Waals surface area (Å²) in [5.74, 6) is 0.316. The maximum absolute atomic E-state index is 12.7. The third-order valence-electron chi connectivity index (χ3n) is 3.72. The maximum atomic E-state index is 12.7. The van der Waals surface area contributed by atoms with Gasteiger partial charge in [0.15, 0.2) is 11.5 Å². The molecule has 0 spiro atoms. The molecule has 6 nitrogen and oxygen atoms in total. The van der Waals surface area contributed by atoms with Crippen LogP contribution in [0.2, 0.25) is 0 Å². The molecule has 0 saturated carbocycles. The minimum Gasteiger partial charge on any atom is -0.456 e. The van der Waals surface area contributed by atoms with Crippen molar-refractivity contribution in [2.75, 3.05) is 0 Å². The largest absolute Gasteiger partial charge is 0.456 e. The number of hydrogen-bond donors (Lipinski definition) is 1. The fourth-order valence-electron chi connectivity index (χ4n) is 2.51. The standard InChI is InChI=1S/C16H17N3O3/c1-3-13-9-16(21,12-5-4-8-17-10-12)19(18-13)15(20)14-7-6-11(2)22-14/h4-8,10,21H,3,9H2,1-2H3. The molecule has 6 heteroatoms. The summed E-state index contributed by atoms with van der Waals surface area (Å²) in [6.07, 6.45) is 4.08. The Labute approximate surface area is 128 Å². The van der Waals surface area contributed by atoms with Crippen molar-refractivity contribution < 1.29 is 14.3 Å². The molecule has 0 bridgehead atoms. The van der Waals surface area contributed by atoms with Crippen molar-refractivity contribution in [1.82, 2.24) is 9.99 Å². The van der Waals surface area contributed by atoms with Gasteiger partial charge in [-0.25, -0.2) is 0 Å². The highest BCUT2D eigenvalue weighted by Gasteiger charge is 2.46. The molecule has 0 fully saturated rings. The quantitative estimate of drug-likeness (QED) is 0.944. The van der Waals surface area contributed by atoms with Gasteiger partial charge in [-0.15, -0.1) is 0 Å². The van der Waals surface area contributed by atoms with Gasteiger partial charge in [-0.1, -0.05) is 13.0 Å². The molecule has 22 heavy (non-hydrogen) atoms. The summed E-state index contributed by atoms with van der Waals surface area (Å²) in [6, 6.07) is 6.74. The molecule has 0 aromatic carbocycles. The highest BCUT2D eigenvalue weighted by Crippen LogP contribution is 2.36. The molecule has 3 rings (SSSR count). The number of carbonyl (C=O) groups is 1. The molecule has 1 aliphatic heterocycles. The molecule has 0 radical (unpaired) electrons. The number of rotatable bonds is 3. The number of aliphatic hydroxyl groups is 1. The molecule has 1 amide bonds. The molecule has 2 aromatic heterocycles. The Morgan fingerprint density at radius 1 is 1.45 bits per heavy atom. The van der Waals surface area contributed by atoms with Gasteiger partial charge in [0.05, 0.1) is 0 Å². The number of carbonyl (C=O) groups excluding carboxylic acids is 1. The van der Waals surface area contributed by atoms with Crippen molar-refractivity contribution in [3.8, 4) is 0 Å². The summed E-state index contributed by atoms with van der Waals surface area (Å²) >= 11 is 0. The number of furan rings is 1. The van der Waals surface area contributed by atoms with E-state index in [2.05, 4.69) is 10.1 Å². The molecule has 1 atom stereocenters. The number of aryl methyl sites for hydroxylation is 1. The van der Waals surface area contributed by atoms with E-state index in [0.717, 1.165) is 10.7 Å². The van der Waals surface area contributed by atoms with Crippen LogP contribution in [0.1, 0.15) is 41.6 Å². The molecule has 114 valence electrons. The van der Waals surface area contributed by atoms with Gasteiger partial charge in [0.2, 0.25) is 0 Å². The molecular weight excluding hydrogens is 282 g/mol. The lowest BCUT2D eigenvalue weighted by Crippen LogP contribution is -2.43. The zero-order valence-electron chi connectivity index (χ0n) is 12.5. The third-order valence-corrected chi connectivity index (χ3v) is 3.72. The SMILES string of the molecule is CCC1=NN(C(=O)c2ccc(C)o2)C(O)(c2cccnc2)C1. The lowest BCUT2D eigenvalue weighted by atomic mass is 9.98. The van der Waals surface area contributed by atoms with E-state index in [1.54, 1.807) is 43.6 Å². The van der Waals surface area contributed by atoms with E-state index < -0.39 is 11.6 Å². The molecule has 1 unspecified atom stereocenters. The number of amides is 1. The molecule has 3 heterocycles.